The molecule has 0 unspecified atom stereocenters. The molecule has 1 heterocycles. The Balaban J connectivity index is 2.23. The van der Waals surface area contributed by atoms with Crippen LogP contribution in [0.5, 0.6) is 0 Å². The first kappa shape index (κ1) is 12.6. The molecular weight excluding hydrogens is 210 g/mol. The fraction of sp³-hybridized carbons (Fsp3) is 0.600. The standard InChI is InChI=1S/C15H23NO/c1-11-8-12(2)14(13(3)9-11)10-15(17)4-6-16-7-5-15/h8-9,16-17H,4-7,10H2,1-3H3. The summed E-state index contributed by atoms with van der Waals surface area (Å²) in [5.74, 6) is 0. The summed E-state index contributed by atoms with van der Waals surface area (Å²) in [5, 5.41) is 13.9. The van der Waals surface area contributed by atoms with Gasteiger partial charge in [-0.2, -0.15) is 0 Å². The second kappa shape index (κ2) is 4.79. The molecule has 1 aromatic rings. The van der Waals surface area contributed by atoms with Crippen molar-refractivity contribution in [2.24, 2.45) is 0 Å². The molecule has 0 saturated carbocycles. The summed E-state index contributed by atoms with van der Waals surface area (Å²) in [6, 6.07) is 4.43. The van der Waals surface area contributed by atoms with Crippen molar-refractivity contribution in [3.63, 3.8) is 0 Å². The van der Waals surface area contributed by atoms with Crippen LogP contribution < -0.4 is 5.32 Å². The molecule has 0 aromatic heterocycles. The van der Waals surface area contributed by atoms with Gasteiger partial charge in [0.2, 0.25) is 0 Å². The van der Waals surface area contributed by atoms with Crippen LogP contribution in [0.2, 0.25) is 0 Å². The van der Waals surface area contributed by atoms with Crippen LogP contribution in [0.25, 0.3) is 0 Å². The second-order valence-electron chi connectivity index (χ2n) is 5.53. The predicted molar refractivity (Wildman–Crippen MR) is 71.4 cm³/mol. The third-order valence-electron chi connectivity index (χ3n) is 3.88. The van der Waals surface area contributed by atoms with Gasteiger partial charge in [-0.05, 0) is 63.4 Å². The Hall–Kier alpha value is -0.860. The third-order valence-corrected chi connectivity index (χ3v) is 3.88. The van der Waals surface area contributed by atoms with Gasteiger partial charge in [0.1, 0.15) is 0 Å². The molecule has 1 aromatic carbocycles. The predicted octanol–water partition coefficient (Wildman–Crippen LogP) is 2.27. The molecule has 1 fully saturated rings. The largest absolute Gasteiger partial charge is 0.389 e. The summed E-state index contributed by atoms with van der Waals surface area (Å²) in [4.78, 5) is 0. The molecule has 0 bridgehead atoms. The molecule has 2 nitrogen and oxygen atoms in total. The second-order valence-corrected chi connectivity index (χ2v) is 5.53. The molecule has 0 spiro atoms. The summed E-state index contributed by atoms with van der Waals surface area (Å²) >= 11 is 0. The molecule has 2 N–H and O–H groups in total. The van der Waals surface area contributed by atoms with E-state index in [1.54, 1.807) is 0 Å². The summed E-state index contributed by atoms with van der Waals surface area (Å²) in [5.41, 5.74) is 4.76. The summed E-state index contributed by atoms with van der Waals surface area (Å²) < 4.78 is 0. The Morgan fingerprint density at radius 2 is 1.65 bits per heavy atom. The summed E-state index contributed by atoms with van der Waals surface area (Å²) in [6.45, 7) is 8.30. The SMILES string of the molecule is Cc1cc(C)c(CC2(O)CCNCC2)c(C)c1. The number of benzene rings is 1. The van der Waals surface area contributed by atoms with Crippen LogP contribution in [0.3, 0.4) is 0 Å². The van der Waals surface area contributed by atoms with Crippen LogP contribution in [-0.4, -0.2) is 23.8 Å². The highest BCUT2D eigenvalue weighted by Gasteiger charge is 2.30. The van der Waals surface area contributed by atoms with E-state index in [4.69, 9.17) is 0 Å². The Morgan fingerprint density at radius 3 is 2.18 bits per heavy atom. The molecule has 94 valence electrons. The van der Waals surface area contributed by atoms with Gasteiger partial charge in [0.05, 0.1) is 5.60 Å². The first-order chi connectivity index (χ1) is 8.00. The summed E-state index contributed by atoms with van der Waals surface area (Å²) in [6.07, 6.45) is 2.52. The van der Waals surface area contributed by atoms with Gasteiger partial charge in [-0.1, -0.05) is 17.7 Å². The van der Waals surface area contributed by atoms with Gasteiger partial charge < -0.3 is 10.4 Å². The van der Waals surface area contributed by atoms with E-state index in [1.807, 2.05) is 0 Å². The molecule has 0 amide bonds. The van der Waals surface area contributed by atoms with E-state index in [1.165, 1.54) is 22.3 Å². The van der Waals surface area contributed by atoms with Gasteiger partial charge in [-0.25, -0.2) is 0 Å². The van der Waals surface area contributed by atoms with Crippen molar-refractivity contribution in [1.29, 1.82) is 0 Å². The van der Waals surface area contributed by atoms with Gasteiger partial charge in [-0.15, -0.1) is 0 Å². The molecule has 2 heteroatoms. The number of piperidine rings is 1. The molecule has 0 atom stereocenters. The van der Waals surface area contributed by atoms with Gasteiger partial charge in [0.25, 0.3) is 0 Å². The average Bonchev–Trinajstić information content (AvgIpc) is 2.24. The normalized spacial score (nSPS) is 19.3. The molecule has 1 aliphatic heterocycles. The van der Waals surface area contributed by atoms with Crippen LogP contribution >= 0.6 is 0 Å². The number of hydrogen-bond donors (Lipinski definition) is 2. The van der Waals surface area contributed by atoms with Crippen LogP contribution in [0, 0.1) is 20.8 Å². The molecule has 1 saturated heterocycles. The van der Waals surface area contributed by atoms with Gasteiger partial charge in [0, 0.05) is 6.42 Å². The summed E-state index contributed by atoms with van der Waals surface area (Å²) in [7, 11) is 0. The molecule has 1 aliphatic rings. The van der Waals surface area contributed by atoms with Crippen LogP contribution in [0.1, 0.15) is 35.1 Å². The Bertz CT molecular complexity index is 382. The molecule has 0 radical (unpaired) electrons. The van der Waals surface area contributed by atoms with E-state index in [9.17, 15) is 5.11 Å². The molecular formula is C15H23NO. The highest BCUT2D eigenvalue weighted by atomic mass is 16.3. The number of aryl methyl sites for hydroxylation is 3. The van der Waals surface area contributed by atoms with Crippen molar-refractivity contribution in [2.45, 2.75) is 45.6 Å². The molecule has 0 aliphatic carbocycles. The minimum atomic E-state index is -0.504. The zero-order valence-corrected chi connectivity index (χ0v) is 11.1. The van der Waals surface area contributed by atoms with Crippen molar-refractivity contribution < 1.29 is 5.11 Å². The van der Waals surface area contributed by atoms with Crippen LogP contribution in [-0.2, 0) is 6.42 Å². The number of nitrogens with one attached hydrogen (secondary N) is 1. The van der Waals surface area contributed by atoms with Crippen LogP contribution in [0.15, 0.2) is 12.1 Å². The van der Waals surface area contributed by atoms with E-state index < -0.39 is 5.60 Å². The highest BCUT2D eigenvalue weighted by molar-refractivity contribution is 5.38. The van der Waals surface area contributed by atoms with E-state index in [2.05, 4.69) is 38.2 Å². The lowest BCUT2D eigenvalue weighted by molar-refractivity contribution is 0.0106. The maximum Gasteiger partial charge on any atom is 0.0712 e. The van der Waals surface area contributed by atoms with E-state index in [0.717, 1.165) is 32.4 Å². The first-order valence-corrected chi connectivity index (χ1v) is 6.50. The fourth-order valence-electron chi connectivity index (χ4n) is 2.89. The first-order valence-electron chi connectivity index (χ1n) is 6.50. The van der Waals surface area contributed by atoms with Crippen molar-refractivity contribution in [3.05, 3.63) is 34.4 Å². The lowest BCUT2D eigenvalue weighted by Crippen LogP contribution is -2.43. The van der Waals surface area contributed by atoms with Crippen molar-refractivity contribution >= 4 is 0 Å². The number of rotatable bonds is 2. The molecule has 2 rings (SSSR count). The minimum Gasteiger partial charge on any atom is -0.389 e. The third kappa shape index (κ3) is 2.88. The Kier molecular flexibility index (Phi) is 3.55. The van der Waals surface area contributed by atoms with Crippen molar-refractivity contribution in [1.82, 2.24) is 5.32 Å². The van der Waals surface area contributed by atoms with Crippen LogP contribution in [0.4, 0.5) is 0 Å². The maximum absolute atomic E-state index is 10.6. The quantitative estimate of drug-likeness (QED) is 0.821. The van der Waals surface area contributed by atoms with Gasteiger partial charge in [0.15, 0.2) is 0 Å². The van der Waals surface area contributed by atoms with E-state index >= 15 is 0 Å². The fourth-order valence-corrected chi connectivity index (χ4v) is 2.89. The van der Waals surface area contributed by atoms with E-state index in [-0.39, 0.29) is 0 Å². The Morgan fingerprint density at radius 1 is 1.12 bits per heavy atom. The minimum absolute atomic E-state index is 0.504. The Labute approximate surface area is 104 Å². The highest BCUT2D eigenvalue weighted by Crippen LogP contribution is 2.27. The maximum atomic E-state index is 10.6. The van der Waals surface area contributed by atoms with Crippen molar-refractivity contribution in [2.75, 3.05) is 13.1 Å². The monoisotopic (exact) mass is 233 g/mol. The lowest BCUT2D eigenvalue weighted by atomic mass is 9.83. The number of aliphatic hydroxyl groups is 1. The smallest absolute Gasteiger partial charge is 0.0712 e. The molecule has 17 heavy (non-hydrogen) atoms. The van der Waals surface area contributed by atoms with E-state index in [0.29, 0.717) is 0 Å². The van der Waals surface area contributed by atoms with Gasteiger partial charge >= 0.3 is 0 Å². The zero-order valence-electron chi connectivity index (χ0n) is 11.1. The topological polar surface area (TPSA) is 32.3 Å². The zero-order chi connectivity index (χ0) is 12.5. The number of hydrogen-bond acceptors (Lipinski definition) is 2. The van der Waals surface area contributed by atoms with Gasteiger partial charge in [-0.3, -0.25) is 0 Å². The lowest BCUT2D eigenvalue weighted by Gasteiger charge is -2.33. The average molecular weight is 233 g/mol. The van der Waals surface area contributed by atoms with Crippen molar-refractivity contribution in [3.8, 4) is 0 Å².